The van der Waals surface area contributed by atoms with Gasteiger partial charge in [-0.15, -0.1) is 0 Å². The molecular weight excluding hydrogens is 366 g/mol. The van der Waals surface area contributed by atoms with Gasteiger partial charge in [0.25, 0.3) is 0 Å². The second kappa shape index (κ2) is 9.06. The van der Waals surface area contributed by atoms with Crippen LogP contribution >= 0.6 is 0 Å². The van der Waals surface area contributed by atoms with Gasteiger partial charge in [0.1, 0.15) is 12.4 Å². The van der Waals surface area contributed by atoms with Gasteiger partial charge < -0.3 is 4.74 Å². The van der Waals surface area contributed by atoms with Crippen molar-refractivity contribution < 1.29 is 4.74 Å². The summed E-state index contributed by atoms with van der Waals surface area (Å²) in [4.78, 5) is 2.50. The molecule has 0 aromatic heterocycles. The molecule has 0 saturated carbocycles. The van der Waals surface area contributed by atoms with E-state index < -0.39 is 0 Å². The van der Waals surface area contributed by atoms with Crippen molar-refractivity contribution in [3.05, 3.63) is 101 Å². The van der Waals surface area contributed by atoms with Crippen LogP contribution in [-0.4, -0.2) is 31.1 Å². The zero-order valence-corrected chi connectivity index (χ0v) is 17.7. The lowest BCUT2D eigenvalue weighted by atomic mass is 9.69. The highest BCUT2D eigenvalue weighted by atomic mass is 16.5. The smallest absolute Gasteiger partial charge is 0.119 e. The van der Waals surface area contributed by atoms with Gasteiger partial charge in [0.15, 0.2) is 0 Å². The molecule has 2 aliphatic rings. The molecule has 2 heteroatoms. The van der Waals surface area contributed by atoms with Gasteiger partial charge in [-0.05, 0) is 79.1 Å². The van der Waals surface area contributed by atoms with Gasteiger partial charge in [0.05, 0.1) is 0 Å². The number of aryl methyl sites for hydroxylation is 1. The molecular formula is C28H31NO. The first-order valence-corrected chi connectivity index (χ1v) is 11.5. The highest BCUT2D eigenvalue weighted by Gasteiger charge is 2.31. The van der Waals surface area contributed by atoms with Crippen LogP contribution in [0.25, 0.3) is 0 Å². The standard InChI is InChI=1S/C28H31NO/c1-2-8-22(9-3-1)27-17-14-23-10-4-5-11-26(23)28(27)24-12-15-25(16-13-24)30-21-20-29-18-6-7-19-29/h1-5,8-13,15-16,27-28H,6-7,14,17-21H2. The molecule has 0 spiro atoms. The lowest BCUT2D eigenvalue weighted by Crippen LogP contribution is -2.25. The van der Waals surface area contributed by atoms with Crippen molar-refractivity contribution in [3.63, 3.8) is 0 Å². The van der Waals surface area contributed by atoms with E-state index >= 15 is 0 Å². The first-order chi connectivity index (χ1) is 14.9. The Hall–Kier alpha value is -2.58. The molecule has 30 heavy (non-hydrogen) atoms. The Bertz CT molecular complexity index is 944. The molecule has 0 bridgehead atoms. The molecule has 1 saturated heterocycles. The van der Waals surface area contributed by atoms with Gasteiger partial charge in [0.2, 0.25) is 0 Å². The summed E-state index contributed by atoms with van der Waals surface area (Å²) in [7, 11) is 0. The maximum atomic E-state index is 6.05. The Morgan fingerprint density at radius 3 is 2.30 bits per heavy atom. The van der Waals surface area contributed by atoms with Crippen molar-refractivity contribution in [2.45, 2.75) is 37.5 Å². The van der Waals surface area contributed by atoms with Gasteiger partial charge in [-0.2, -0.15) is 0 Å². The molecule has 2 nitrogen and oxygen atoms in total. The van der Waals surface area contributed by atoms with Crippen molar-refractivity contribution in [1.29, 1.82) is 0 Å². The maximum Gasteiger partial charge on any atom is 0.119 e. The van der Waals surface area contributed by atoms with E-state index in [1.807, 2.05) is 0 Å². The second-order valence-electron chi connectivity index (χ2n) is 8.70. The quantitative estimate of drug-likeness (QED) is 0.504. The van der Waals surface area contributed by atoms with Crippen LogP contribution in [0.15, 0.2) is 78.9 Å². The molecule has 0 amide bonds. The summed E-state index contributed by atoms with van der Waals surface area (Å²) >= 11 is 0. The summed E-state index contributed by atoms with van der Waals surface area (Å²) in [5, 5.41) is 0. The third-order valence-electron chi connectivity index (χ3n) is 6.86. The summed E-state index contributed by atoms with van der Waals surface area (Å²) in [5.41, 5.74) is 5.83. The van der Waals surface area contributed by atoms with E-state index in [0.717, 1.165) is 25.3 Å². The summed E-state index contributed by atoms with van der Waals surface area (Å²) < 4.78 is 6.05. The number of ether oxygens (including phenoxy) is 1. The van der Waals surface area contributed by atoms with Gasteiger partial charge in [-0.25, -0.2) is 0 Å². The van der Waals surface area contributed by atoms with Crippen molar-refractivity contribution in [3.8, 4) is 5.75 Å². The molecule has 0 radical (unpaired) electrons. The van der Waals surface area contributed by atoms with Crippen LogP contribution in [0.3, 0.4) is 0 Å². The fourth-order valence-electron chi connectivity index (χ4n) is 5.30. The fourth-order valence-corrected chi connectivity index (χ4v) is 5.30. The van der Waals surface area contributed by atoms with Gasteiger partial charge in [0, 0.05) is 12.5 Å². The molecule has 1 aliphatic heterocycles. The molecule has 3 aromatic carbocycles. The van der Waals surface area contributed by atoms with Crippen LogP contribution < -0.4 is 4.74 Å². The highest BCUT2D eigenvalue weighted by molar-refractivity contribution is 5.45. The Kier molecular flexibility index (Phi) is 5.85. The van der Waals surface area contributed by atoms with Gasteiger partial charge >= 0.3 is 0 Å². The van der Waals surface area contributed by atoms with Crippen LogP contribution in [0.1, 0.15) is 53.4 Å². The summed E-state index contributed by atoms with van der Waals surface area (Å²) in [6.45, 7) is 4.26. The lowest BCUT2D eigenvalue weighted by Gasteiger charge is -2.34. The number of hydrogen-bond donors (Lipinski definition) is 0. The van der Waals surface area contributed by atoms with Crippen molar-refractivity contribution in [1.82, 2.24) is 4.90 Å². The molecule has 5 rings (SSSR count). The summed E-state index contributed by atoms with van der Waals surface area (Å²) in [5.74, 6) is 1.90. The Balaban J connectivity index is 1.37. The molecule has 1 heterocycles. The largest absolute Gasteiger partial charge is 0.492 e. The molecule has 2 atom stereocenters. The molecule has 0 N–H and O–H groups in total. The first kappa shape index (κ1) is 19.4. The van der Waals surface area contributed by atoms with Crippen molar-refractivity contribution in [2.75, 3.05) is 26.2 Å². The average Bonchev–Trinajstić information content (AvgIpc) is 3.33. The number of rotatable bonds is 6. The number of nitrogens with zero attached hydrogens (tertiary/aromatic N) is 1. The number of likely N-dealkylation sites (tertiary alicyclic amines) is 1. The fraction of sp³-hybridized carbons (Fsp3) is 0.357. The van der Waals surface area contributed by atoms with E-state index in [0.29, 0.717) is 11.8 Å². The topological polar surface area (TPSA) is 12.5 Å². The van der Waals surface area contributed by atoms with E-state index in [9.17, 15) is 0 Å². The third-order valence-corrected chi connectivity index (χ3v) is 6.86. The maximum absolute atomic E-state index is 6.05. The third kappa shape index (κ3) is 4.15. The van der Waals surface area contributed by atoms with Gasteiger partial charge in [-0.3, -0.25) is 4.90 Å². The molecule has 1 aliphatic carbocycles. The first-order valence-electron chi connectivity index (χ1n) is 11.5. The van der Waals surface area contributed by atoms with Crippen LogP contribution in [-0.2, 0) is 6.42 Å². The zero-order valence-electron chi connectivity index (χ0n) is 17.7. The Labute approximate surface area is 180 Å². The highest BCUT2D eigenvalue weighted by Crippen LogP contribution is 2.46. The summed E-state index contributed by atoms with van der Waals surface area (Å²) in [6, 6.07) is 28.9. The molecule has 1 fully saturated rings. The average molecular weight is 398 g/mol. The van der Waals surface area contributed by atoms with Crippen LogP contribution in [0, 0.1) is 0 Å². The van der Waals surface area contributed by atoms with Crippen LogP contribution in [0.5, 0.6) is 5.75 Å². The minimum absolute atomic E-state index is 0.399. The van der Waals surface area contributed by atoms with Crippen molar-refractivity contribution in [2.24, 2.45) is 0 Å². The van der Waals surface area contributed by atoms with E-state index in [2.05, 4.69) is 83.8 Å². The van der Waals surface area contributed by atoms with Gasteiger partial charge in [-0.1, -0.05) is 66.7 Å². The predicted octanol–water partition coefficient (Wildman–Crippen LogP) is 6.02. The Morgan fingerprint density at radius 2 is 1.50 bits per heavy atom. The Morgan fingerprint density at radius 1 is 0.767 bits per heavy atom. The minimum atomic E-state index is 0.399. The summed E-state index contributed by atoms with van der Waals surface area (Å²) in [6.07, 6.45) is 5.02. The number of hydrogen-bond acceptors (Lipinski definition) is 2. The molecule has 154 valence electrons. The van der Waals surface area contributed by atoms with E-state index in [1.54, 1.807) is 0 Å². The van der Waals surface area contributed by atoms with E-state index in [-0.39, 0.29) is 0 Å². The number of fused-ring (bicyclic) bond motifs is 1. The zero-order chi connectivity index (χ0) is 20.2. The minimum Gasteiger partial charge on any atom is -0.492 e. The van der Waals surface area contributed by atoms with E-state index in [4.69, 9.17) is 4.74 Å². The van der Waals surface area contributed by atoms with Crippen LogP contribution in [0.2, 0.25) is 0 Å². The molecule has 2 unspecified atom stereocenters. The second-order valence-corrected chi connectivity index (χ2v) is 8.70. The van der Waals surface area contributed by atoms with E-state index in [1.165, 1.54) is 54.6 Å². The van der Waals surface area contributed by atoms with Crippen molar-refractivity contribution >= 4 is 0 Å². The van der Waals surface area contributed by atoms with Crippen LogP contribution in [0.4, 0.5) is 0 Å². The molecule has 3 aromatic rings. The monoisotopic (exact) mass is 397 g/mol. The lowest BCUT2D eigenvalue weighted by molar-refractivity contribution is 0.237. The SMILES string of the molecule is c1ccc(C2CCc3ccccc3C2c2ccc(OCCN3CCCC3)cc2)cc1. The predicted molar refractivity (Wildman–Crippen MR) is 123 cm³/mol. The normalized spacial score (nSPS) is 21.3. The number of benzene rings is 3.